The summed E-state index contributed by atoms with van der Waals surface area (Å²) in [5.41, 5.74) is 0.922. The third-order valence-corrected chi connectivity index (χ3v) is 3.83. The smallest absolute Gasteiger partial charge is 0.141 e. The Morgan fingerprint density at radius 3 is 2.43 bits per heavy atom. The summed E-state index contributed by atoms with van der Waals surface area (Å²) in [6, 6.07) is 3.98. The molecule has 2 unspecified atom stereocenters. The third-order valence-electron chi connectivity index (χ3n) is 3.83. The molecule has 0 amide bonds. The Labute approximate surface area is 129 Å². The molecule has 1 N–H and O–H groups in total. The van der Waals surface area contributed by atoms with Crippen LogP contribution in [0.1, 0.15) is 52.8 Å². The van der Waals surface area contributed by atoms with E-state index >= 15 is 0 Å². The van der Waals surface area contributed by atoms with Crippen LogP contribution in [0.5, 0.6) is 0 Å². The fraction of sp³-hybridized carbons (Fsp3) is 0.706. The van der Waals surface area contributed by atoms with Gasteiger partial charge in [-0.15, -0.1) is 0 Å². The van der Waals surface area contributed by atoms with Crippen molar-refractivity contribution in [3.63, 3.8) is 0 Å². The van der Waals surface area contributed by atoms with Crippen molar-refractivity contribution in [2.24, 2.45) is 5.92 Å². The minimum atomic E-state index is -0.281. The first kappa shape index (κ1) is 18.1. The summed E-state index contributed by atoms with van der Waals surface area (Å²) in [6.07, 6.45) is 2.46. The van der Waals surface area contributed by atoms with Gasteiger partial charge in [0, 0.05) is 12.6 Å². The number of pyridine rings is 1. The standard InChI is InChI=1S/C17H30FN3/c1-6-10-21(13(3)4)12-14(5)17(19-7-2)16-9-8-15(18)11-20-16/h8-9,11,13-14,17,19H,6-7,10,12H2,1-5H3. The van der Waals surface area contributed by atoms with Gasteiger partial charge in [-0.25, -0.2) is 4.39 Å². The molecule has 0 radical (unpaired) electrons. The Morgan fingerprint density at radius 1 is 1.24 bits per heavy atom. The number of hydrogen-bond acceptors (Lipinski definition) is 3. The molecule has 0 aliphatic heterocycles. The van der Waals surface area contributed by atoms with Gasteiger partial charge in [0.1, 0.15) is 5.82 Å². The zero-order valence-corrected chi connectivity index (χ0v) is 14.1. The van der Waals surface area contributed by atoms with Gasteiger partial charge in [0.15, 0.2) is 0 Å². The van der Waals surface area contributed by atoms with Gasteiger partial charge >= 0.3 is 0 Å². The van der Waals surface area contributed by atoms with Crippen LogP contribution in [-0.4, -0.2) is 35.6 Å². The van der Waals surface area contributed by atoms with E-state index in [-0.39, 0.29) is 11.9 Å². The maximum Gasteiger partial charge on any atom is 0.141 e. The molecule has 120 valence electrons. The molecule has 0 spiro atoms. The zero-order chi connectivity index (χ0) is 15.8. The van der Waals surface area contributed by atoms with E-state index in [1.807, 2.05) is 0 Å². The summed E-state index contributed by atoms with van der Waals surface area (Å²) in [5.74, 6) is 0.133. The largest absolute Gasteiger partial charge is 0.309 e. The number of hydrogen-bond donors (Lipinski definition) is 1. The molecule has 0 aromatic carbocycles. The second-order valence-corrected chi connectivity index (χ2v) is 6.00. The molecule has 1 aromatic heterocycles. The molecule has 0 aliphatic carbocycles. The van der Waals surface area contributed by atoms with Crippen LogP contribution in [0.15, 0.2) is 18.3 Å². The average Bonchev–Trinajstić information content (AvgIpc) is 2.45. The molecule has 1 heterocycles. The van der Waals surface area contributed by atoms with Crippen molar-refractivity contribution < 1.29 is 4.39 Å². The van der Waals surface area contributed by atoms with Gasteiger partial charge in [0.2, 0.25) is 0 Å². The Morgan fingerprint density at radius 2 is 1.95 bits per heavy atom. The SMILES string of the molecule is CCCN(CC(C)C(NCC)c1ccc(F)cn1)C(C)C. The highest BCUT2D eigenvalue weighted by Crippen LogP contribution is 2.22. The van der Waals surface area contributed by atoms with E-state index in [4.69, 9.17) is 0 Å². The molecular weight excluding hydrogens is 265 g/mol. The van der Waals surface area contributed by atoms with Crippen LogP contribution in [0, 0.1) is 11.7 Å². The van der Waals surface area contributed by atoms with Gasteiger partial charge in [0.25, 0.3) is 0 Å². The Balaban J connectivity index is 2.81. The molecule has 1 rings (SSSR count). The molecule has 2 atom stereocenters. The molecule has 0 saturated heterocycles. The van der Waals surface area contributed by atoms with Crippen LogP contribution in [0.2, 0.25) is 0 Å². The van der Waals surface area contributed by atoms with Crippen molar-refractivity contribution in [3.05, 3.63) is 29.8 Å². The summed E-state index contributed by atoms with van der Waals surface area (Å²) in [5, 5.41) is 3.49. The maximum atomic E-state index is 13.1. The highest BCUT2D eigenvalue weighted by Gasteiger charge is 2.22. The van der Waals surface area contributed by atoms with Crippen LogP contribution < -0.4 is 5.32 Å². The predicted octanol–water partition coefficient (Wildman–Crippen LogP) is 3.63. The molecular formula is C17H30FN3. The van der Waals surface area contributed by atoms with Crippen molar-refractivity contribution in [3.8, 4) is 0 Å². The number of rotatable bonds is 9. The van der Waals surface area contributed by atoms with Gasteiger partial charge in [0.05, 0.1) is 17.9 Å². The lowest BCUT2D eigenvalue weighted by molar-refractivity contribution is 0.173. The summed E-state index contributed by atoms with van der Waals surface area (Å²) < 4.78 is 13.1. The highest BCUT2D eigenvalue weighted by atomic mass is 19.1. The fourth-order valence-corrected chi connectivity index (χ4v) is 2.71. The monoisotopic (exact) mass is 295 g/mol. The van der Waals surface area contributed by atoms with Crippen molar-refractivity contribution >= 4 is 0 Å². The van der Waals surface area contributed by atoms with E-state index < -0.39 is 0 Å². The molecule has 0 bridgehead atoms. The summed E-state index contributed by atoms with van der Waals surface area (Å²) in [6.45, 7) is 14.0. The number of nitrogens with one attached hydrogen (secondary N) is 1. The first-order valence-corrected chi connectivity index (χ1v) is 8.08. The van der Waals surface area contributed by atoms with Crippen molar-refractivity contribution in [1.29, 1.82) is 0 Å². The molecule has 0 fully saturated rings. The van der Waals surface area contributed by atoms with E-state index in [2.05, 4.69) is 49.8 Å². The van der Waals surface area contributed by atoms with E-state index in [1.54, 1.807) is 6.07 Å². The first-order chi connectivity index (χ1) is 9.99. The fourth-order valence-electron chi connectivity index (χ4n) is 2.71. The van der Waals surface area contributed by atoms with Crippen LogP contribution in [0.3, 0.4) is 0 Å². The molecule has 21 heavy (non-hydrogen) atoms. The average molecular weight is 295 g/mol. The van der Waals surface area contributed by atoms with Gasteiger partial charge in [-0.1, -0.05) is 20.8 Å². The number of nitrogens with zero attached hydrogens (tertiary/aromatic N) is 2. The van der Waals surface area contributed by atoms with Crippen molar-refractivity contribution in [2.45, 2.75) is 53.1 Å². The maximum absolute atomic E-state index is 13.1. The Kier molecular flexibility index (Phi) is 7.83. The Bertz CT molecular complexity index is 392. The second kappa shape index (κ2) is 9.11. The summed E-state index contributed by atoms with van der Waals surface area (Å²) >= 11 is 0. The van der Waals surface area contributed by atoms with Crippen LogP contribution in [-0.2, 0) is 0 Å². The first-order valence-electron chi connectivity index (χ1n) is 8.08. The quantitative estimate of drug-likeness (QED) is 0.754. The van der Waals surface area contributed by atoms with Crippen molar-refractivity contribution in [2.75, 3.05) is 19.6 Å². The molecule has 4 heteroatoms. The van der Waals surface area contributed by atoms with Gasteiger partial charge in [-0.2, -0.15) is 0 Å². The lowest BCUT2D eigenvalue weighted by Crippen LogP contribution is -2.40. The Hall–Kier alpha value is -1.00. The summed E-state index contributed by atoms with van der Waals surface area (Å²) in [4.78, 5) is 6.76. The van der Waals surface area contributed by atoms with E-state index in [9.17, 15) is 4.39 Å². The molecule has 0 saturated carbocycles. The van der Waals surface area contributed by atoms with Crippen LogP contribution in [0.25, 0.3) is 0 Å². The molecule has 1 aromatic rings. The van der Waals surface area contributed by atoms with Gasteiger partial charge in [-0.3, -0.25) is 4.98 Å². The number of halogens is 1. The minimum Gasteiger partial charge on any atom is -0.309 e. The summed E-state index contributed by atoms with van der Waals surface area (Å²) in [7, 11) is 0. The lowest BCUT2D eigenvalue weighted by Gasteiger charge is -2.33. The lowest BCUT2D eigenvalue weighted by atomic mass is 9.96. The predicted molar refractivity (Wildman–Crippen MR) is 86.8 cm³/mol. The second-order valence-electron chi connectivity index (χ2n) is 6.00. The van der Waals surface area contributed by atoms with Gasteiger partial charge < -0.3 is 10.2 Å². The zero-order valence-electron chi connectivity index (χ0n) is 14.1. The molecule has 0 aliphatic rings. The highest BCUT2D eigenvalue weighted by molar-refractivity contribution is 5.11. The van der Waals surface area contributed by atoms with Crippen LogP contribution >= 0.6 is 0 Å². The van der Waals surface area contributed by atoms with E-state index in [0.29, 0.717) is 12.0 Å². The third kappa shape index (κ3) is 5.71. The van der Waals surface area contributed by atoms with Gasteiger partial charge in [-0.05, 0) is 51.4 Å². The van der Waals surface area contributed by atoms with Crippen molar-refractivity contribution in [1.82, 2.24) is 15.2 Å². The van der Waals surface area contributed by atoms with Crippen LogP contribution in [0.4, 0.5) is 4.39 Å². The topological polar surface area (TPSA) is 28.2 Å². The molecule has 3 nitrogen and oxygen atoms in total. The van der Waals surface area contributed by atoms with E-state index in [1.165, 1.54) is 12.3 Å². The number of aromatic nitrogens is 1. The minimum absolute atomic E-state index is 0.161. The van der Waals surface area contributed by atoms with E-state index in [0.717, 1.165) is 31.7 Å². The normalized spacial score (nSPS) is 14.7.